The zero-order valence-electron chi connectivity index (χ0n) is 13.0. The minimum Gasteiger partial charge on any atom is -0.327 e. The Morgan fingerprint density at radius 2 is 1.83 bits per heavy atom. The molecule has 2 aliphatic rings. The van der Waals surface area contributed by atoms with Gasteiger partial charge in [0.25, 0.3) is 5.56 Å². The molecule has 2 heterocycles. The van der Waals surface area contributed by atoms with Crippen molar-refractivity contribution in [2.75, 3.05) is 13.1 Å². The quantitative estimate of drug-likeness (QED) is 0.714. The average Bonchev–Trinajstić information content (AvgIpc) is 3.03. The van der Waals surface area contributed by atoms with Gasteiger partial charge in [-0.3, -0.25) is 9.36 Å². The molecule has 3 atom stereocenters. The number of fused-ring (bicyclic) bond motifs is 1. The predicted octanol–water partition coefficient (Wildman–Crippen LogP) is -1.14. The molecule has 3 unspecified atom stereocenters. The van der Waals surface area contributed by atoms with Crippen LogP contribution in [-0.2, 0) is 24.1 Å². The number of aryl methyl sites for hydroxylation is 1. The molecule has 1 aromatic rings. The third-order valence-corrected chi connectivity index (χ3v) is 6.73. The molecule has 1 saturated heterocycles. The highest BCUT2D eigenvalue weighted by molar-refractivity contribution is 7.89. The van der Waals surface area contributed by atoms with Crippen LogP contribution in [-0.4, -0.2) is 41.0 Å². The normalized spacial score (nSPS) is 27.7. The summed E-state index contributed by atoms with van der Waals surface area (Å²) in [6.07, 6.45) is 2.95. The second kappa shape index (κ2) is 6.04. The smallest absolute Gasteiger partial charge is 0.327 e. The number of nitrogens with zero attached hydrogens (tertiary/aromatic N) is 3. The van der Waals surface area contributed by atoms with E-state index in [1.54, 1.807) is 0 Å². The summed E-state index contributed by atoms with van der Waals surface area (Å²) in [6, 6.07) is 0.0214. The summed E-state index contributed by atoms with van der Waals surface area (Å²) in [7, 11) is -1.21. The molecular weight excluding hydrogens is 344 g/mol. The Hall–Kier alpha value is -1.16. The molecule has 1 saturated carbocycles. The van der Waals surface area contributed by atoms with Crippen LogP contribution in [0.3, 0.4) is 0 Å². The molecular formula is C13H21ClN4O4S. The fourth-order valence-corrected chi connectivity index (χ4v) is 5.24. The first kappa shape index (κ1) is 18.2. The van der Waals surface area contributed by atoms with Crippen LogP contribution in [0.2, 0.25) is 0 Å². The molecule has 2 N–H and O–H groups in total. The fourth-order valence-electron chi connectivity index (χ4n) is 3.55. The molecule has 1 aromatic heterocycles. The highest BCUT2D eigenvalue weighted by Crippen LogP contribution is 2.38. The lowest BCUT2D eigenvalue weighted by Crippen LogP contribution is -2.42. The molecule has 0 radical (unpaired) electrons. The van der Waals surface area contributed by atoms with E-state index < -0.39 is 21.3 Å². The summed E-state index contributed by atoms with van der Waals surface area (Å²) in [4.78, 5) is 23.5. The third-order valence-electron chi connectivity index (χ3n) is 4.91. The molecule has 8 nitrogen and oxygen atoms in total. The lowest BCUT2D eigenvalue weighted by Gasteiger charge is -2.18. The lowest BCUT2D eigenvalue weighted by molar-refractivity contribution is 0.425. The van der Waals surface area contributed by atoms with Crippen LogP contribution in [0.4, 0.5) is 0 Å². The minimum absolute atomic E-state index is 0. The lowest BCUT2D eigenvalue weighted by atomic mass is 9.98. The molecule has 23 heavy (non-hydrogen) atoms. The van der Waals surface area contributed by atoms with Crippen LogP contribution in [0, 0.1) is 11.8 Å². The van der Waals surface area contributed by atoms with Crippen molar-refractivity contribution in [3.63, 3.8) is 0 Å². The Labute approximate surface area is 140 Å². The van der Waals surface area contributed by atoms with E-state index in [9.17, 15) is 18.0 Å². The highest BCUT2D eigenvalue weighted by Gasteiger charge is 2.45. The van der Waals surface area contributed by atoms with Gasteiger partial charge in [0, 0.05) is 39.4 Å². The maximum absolute atomic E-state index is 12.8. The van der Waals surface area contributed by atoms with Gasteiger partial charge >= 0.3 is 5.69 Å². The number of rotatable bonds is 2. The van der Waals surface area contributed by atoms with Crippen LogP contribution in [0.1, 0.15) is 12.8 Å². The Kier molecular flexibility index (Phi) is 4.78. The molecule has 10 heteroatoms. The molecule has 0 aromatic carbocycles. The van der Waals surface area contributed by atoms with Gasteiger partial charge in [-0.25, -0.2) is 13.2 Å². The van der Waals surface area contributed by atoms with Gasteiger partial charge in [-0.15, -0.1) is 12.4 Å². The molecule has 0 bridgehead atoms. The molecule has 1 aliphatic carbocycles. The van der Waals surface area contributed by atoms with Crippen molar-refractivity contribution < 1.29 is 8.42 Å². The summed E-state index contributed by atoms with van der Waals surface area (Å²) in [5, 5.41) is 0. The third kappa shape index (κ3) is 2.75. The Morgan fingerprint density at radius 1 is 1.17 bits per heavy atom. The van der Waals surface area contributed by atoms with Crippen molar-refractivity contribution >= 4 is 22.4 Å². The summed E-state index contributed by atoms with van der Waals surface area (Å²) in [6.45, 7) is 0.743. The molecule has 3 rings (SSSR count). The second-order valence-electron chi connectivity index (χ2n) is 6.24. The minimum atomic E-state index is -3.91. The van der Waals surface area contributed by atoms with Gasteiger partial charge < -0.3 is 10.3 Å². The van der Waals surface area contributed by atoms with Crippen LogP contribution in [0.5, 0.6) is 0 Å². The van der Waals surface area contributed by atoms with Crippen molar-refractivity contribution in [2.45, 2.75) is 23.8 Å². The first-order chi connectivity index (χ1) is 10.2. The van der Waals surface area contributed by atoms with Gasteiger partial charge in [-0.05, 0) is 24.7 Å². The average molecular weight is 365 g/mol. The summed E-state index contributed by atoms with van der Waals surface area (Å²) >= 11 is 0. The highest BCUT2D eigenvalue weighted by atomic mass is 35.5. The van der Waals surface area contributed by atoms with Gasteiger partial charge in [0.15, 0.2) is 4.90 Å². The topological polar surface area (TPSA) is 107 Å². The Morgan fingerprint density at radius 3 is 2.43 bits per heavy atom. The first-order valence-corrected chi connectivity index (χ1v) is 8.70. The van der Waals surface area contributed by atoms with Crippen LogP contribution in [0.15, 0.2) is 20.7 Å². The van der Waals surface area contributed by atoms with Gasteiger partial charge in [0.05, 0.1) is 0 Å². The first-order valence-electron chi connectivity index (χ1n) is 7.26. The number of halogens is 1. The zero-order chi connectivity index (χ0) is 16.2. The monoisotopic (exact) mass is 364 g/mol. The predicted molar refractivity (Wildman–Crippen MR) is 87.1 cm³/mol. The van der Waals surface area contributed by atoms with Crippen molar-refractivity contribution in [3.8, 4) is 0 Å². The number of sulfonamides is 1. The largest absolute Gasteiger partial charge is 0.330 e. The van der Waals surface area contributed by atoms with E-state index in [4.69, 9.17) is 5.73 Å². The molecule has 1 aliphatic heterocycles. The second-order valence-corrected chi connectivity index (χ2v) is 8.14. The van der Waals surface area contributed by atoms with E-state index >= 15 is 0 Å². The zero-order valence-corrected chi connectivity index (χ0v) is 14.6. The molecule has 0 spiro atoms. The van der Waals surface area contributed by atoms with Gasteiger partial charge in [-0.1, -0.05) is 0 Å². The van der Waals surface area contributed by atoms with Crippen LogP contribution in [0.25, 0.3) is 0 Å². The van der Waals surface area contributed by atoms with Gasteiger partial charge in [0.2, 0.25) is 10.0 Å². The van der Waals surface area contributed by atoms with E-state index in [0.717, 1.165) is 28.2 Å². The number of nitrogens with two attached hydrogens (primary N) is 1. The van der Waals surface area contributed by atoms with Crippen molar-refractivity contribution in [2.24, 2.45) is 31.7 Å². The van der Waals surface area contributed by atoms with E-state index in [0.29, 0.717) is 13.1 Å². The maximum atomic E-state index is 12.8. The van der Waals surface area contributed by atoms with E-state index in [1.807, 2.05) is 0 Å². The molecule has 130 valence electrons. The van der Waals surface area contributed by atoms with Crippen LogP contribution >= 0.6 is 12.4 Å². The summed E-state index contributed by atoms with van der Waals surface area (Å²) < 4.78 is 28.8. The molecule has 0 amide bonds. The molecule has 2 fully saturated rings. The number of hydrogen-bond acceptors (Lipinski definition) is 5. The SMILES string of the molecule is Cl.Cn1cc(S(=O)(=O)N2CC3CCC(N)C3C2)c(=O)n(C)c1=O. The van der Waals surface area contributed by atoms with E-state index in [1.165, 1.54) is 18.4 Å². The van der Waals surface area contributed by atoms with E-state index in [2.05, 4.69) is 0 Å². The van der Waals surface area contributed by atoms with Crippen molar-refractivity contribution in [1.82, 2.24) is 13.4 Å². The van der Waals surface area contributed by atoms with Crippen LogP contribution < -0.4 is 17.0 Å². The maximum Gasteiger partial charge on any atom is 0.330 e. The van der Waals surface area contributed by atoms with E-state index in [-0.39, 0.29) is 35.2 Å². The number of aromatic nitrogens is 2. The van der Waals surface area contributed by atoms with Crippen molar-refractivity contribution in [3.05, 3.63) is 27.0 Å². The standard InChI is InChI=1S/C13H20N4O4S.ClH/c1-15-7-11(12(18)16(2)13(15)19)22(20,21)17-5-8-3-4-10(14)9(8)6-17;/h7-10H,3-6,14H2,1-2H3;1H. The Balaban J connectivity index is 0.00000192. The van der Waals surface area contributed by atoms with Gasteiger partial charge in [0.1, 0.15) is 0 Å². The van der Waals surface area contributed by atoms with Gasteiger partial charge in [-0.2, -0.15) is 4.31 Å². The summed E-state index contributed by atoms with van der Waals surface area (Å²) in [5.41, 5.74) is 4.69. The fraction of sp³-hybridized carbons (Fsp3) is 0.692. The summed E-state index contributed by atoms with van der Waals surface area (Å²) in [5.74, 6) is 0.423. The number of hydrogen-bond donors (Lipinski definition) is 1. The van der Waals surface area contributed by atoms with Crippen molar-refractivity contribution in [1.29, 1.82) is 0 Å². The Bertz CT molecular complexity index is 831.